The molecule has 0 aliphatic rings. The molecule has 0 unspecified atom stereocenters. The maximum absolute atomic E-state index is 11.7. The highest BCUT2D eigenvalue weighted by Crippen LogP contribution is 2.15. The lowest BCUT2D eigenvalue weighted by Gasteiger charge is -2.07. The molecule has 1 N–H and O–H groups in total. The maximum Gasteiger partial charge on any atom is 0.229 e. The molecule has 1 aromatic heterocycles. The van der Waals surface area contributed by atoms with Gasteiger partial charge in [-0.2, -0.15) is 0 Å². The van der Waals surface area contributed by atoms with Crippen molar-refractivity contribution < 1.29 is 9.53 Å². The van der Waals surface area contributed by atoms with Crippen LogP contribution >= 0.6 is 11.6 Å². The minimum Gasteiger partial charge on any atom is -0.493 e. The van der Waals surface area contributed by atoms with Gasteiger partial charge in [-0.3, -0.25) is 4.79 Å². The van der Waals surface area contributed by atoms with E-state index in [0.29, 0.717) is 0 Å². The average Bonchev–Trinajstić information content (AvgIpc) is 2.41. The molecule has 1 amide bonds. The predicted octanol–water partition coefficient (Wildman–Crippen LogP) is 2.85. The van der Waals surface area contributed by atoms with Gasteiger partial charge in [0.2, 0.25) is 5.91 Å². The Balaban J connectivity index is 1.80. The number of carbonyl (C=O) groups is 1. The largest absolute Gasteiger partial charge is 0.493 e. The van der Waals surface area contributed by atoms with E-state index in [9.17, 15) is 4.79 Å². The second-order valence-electron chi connectivity index (χ2n) is 4.16. The highest BCUT2D eigenvalue weighted by molar-refractivity contribution is 6.32. The number of carbonyl (C=O) groups excluding carboxylic acids is 1. The van der Waals surface area contributed by atoms with E-state index in [1.807, 2.05) is 31.2 Å². The maximum atomic E-state index is 11.7. The predicted molar refractivity (Wildman–Crippen MR) is 77.0 cm³/mol. The zero-order valence-electron chi connectivity index (χ0n) is 11.0. The molecule has 0 aliphatic carbocycles. The number of nitrogens with zero attached hydrogens (tertiary/aromatic N) is 2. The Morgan fingerprint density at radius 2 is 2.15 bits per heavy atom. The van der Waals surface area contributed by atoms with Crippen LogP contribution in [0.15, 0.2) is 36.7 Å². The van der Waals surface area contributed by atoms with Crippen LogP contribution in [0.3, 0.4) is 0 Å². The van der Waals surface area contributed by atoms with Crippen LogP contribution in [0.4, 0.5) is 5.82 Å². The summed E-state index contributed by atoms with van der Waals surface area (Å²) in [4.78, 5) is 19.5. The number of benzene rings is 1. The zero-order valence-corrected chi connectivity index (χ0v) is 11.7. The van der Waals surface area contributed by atoms with Gasteiger partial charge < -0.3 is 10.1 Å². The Morgan fingerprint density at radius 3 is 2.90 bits per heavy atom. The number of nitrogens with one attached hydrogen (secondary N) is 1. The fourth-order valence-electron chi connectivity index (χ4n) is 1.57. The molecule has 0 fully saturated rings. The lowest BCUT2D eigenvalue weighted by Crippen LogP contribution is -2.16. The summed E-state index contributed by atoms with van der Waals surface area (Å²) in [5.41, 5.74) is 1.11. The monoisotopic (exact) mass is 291 g/mol. The van der Waals surface area contributed by atoms with E-state index in [1.165, 1.54) is 12.4 Å². The van der Waals surface area contributed by atoms with Gasteiger partial charge in [-0.05, 0) is 24.6 Å². The summed E-state index contributed by atoms with van der Waals surface area (Å²) in [6.07, 6.45) is 3.13. The number of halogens is 1. The van der Waals surface area contributed by atoms with Crippen molar-refractivity contribution in [2.75, 3.05) is 11.9 Å². The first-order valence-electron chi connectivity index (χ1n) is 6.11. The Labute approximate surface area is 122 Å². The molecule has 0 bridgehead atoms. The van der Waals surface area contributed by atoms with E-state index in [4.69, 9.17) is 16.3 Å². The number of hydrogen-bond acceptors (Lipinski definition) is 4. The Kier molecular flexibility index (Phi) is 4.90. The van der Waals surface area contributed by atoms with Gasteiger partial charge in [0.25, 0.3) is 0 Å². The molecule has 0 saturated heterocycles. The fourth-order valence-corrected chi connectivity index (χ4v) is 1.72. The molecule has 104 valence electrons. The van der Waals surface area contributed by atoms with Crippen LogP contribution in [-0.4, -0.2) is 22.5 Å². The van der Waals surface area contributed by atoms with Gasteiger partial charge in [-0.15, -0.1) is 0 Å². The van der Waals surface area contributed by atoms with Crippen molar-refractivity contribution in [1.29, 1.82) is 0 Å². The summed E-state index contributed by atoms with van der Waals surface area (Å²) in [5.74, 6) is 0.783. The molecular weight excluding hydrogens is 278 g/mol. The van der Waals surface area contributed by atoms with Crippen LogP contribution in [0.5, 0.6) is 5.75 Å². The van der Waals surface area contributed by atoms with E-state index in [1.54, 1.807) is 0 Å². The van der Waals surface area contributed by atoms with Gasteiger partial charge in [0.05, 0.1) is 13.0 Å². The smallest absolute Gasteiger partial charge is 0.229 e. The number of rotatable bonds is 5. The Bertz CT molecular complexity index is 604. The number of anilines is 1. The summed E-state index contributed by atoms with van der Waals surface area (Å²) in [6, 6.07) is 7.65. The molecule has 20 heavy (non-hydrogen) atoms. The third kappa shape index (κ3) is 4.20. The number of aryl methyl sites for hydroxylation is 1. The van der Waals surface area contributed by atoms with Gasteiger partial charge in [-0.25, -0.2) is 9.97 Å². The van der Waals surface area contributed by atoms with E-state index in [0.717, 1.165) is 11.3 Å². The Morgan fingerprint density at radius 1 is 1.35 bits per heavy atom. The van der Waals surface area contributed by atoms with Crippen molar-refractivity contribution in [3.63, 3.8) is 0 Å². The molecule has 0 aliphatic heterocycles. The fraction of sp³-hybridized carbons (Fsp3) is 0.214. The topological polar surface area (TPSA) is 64.1 Å². The second-order valence-corrected chi connectivity index (χ2v) is 4.52. The molecule has 0 saturated carbocycles. The zero-order chi connectivity index (χ0) is 14.4. The minimum absolute atomic E-state index is 0.167. The summed E-state index contributed by atoms with van der Waals surface area (Å²) in [7, 11) is 0. The van der Waals surface area contributed by atoms with Crippen LogP contribution in [0.25, 0.3) is 0 Å². The number of hydrogen-bond donors (Lipinski definition) is 1. The second kappa shape index (κ2) is 6.86. The lowest BCUT2D eigenvalue weighted by atomic mass is 10.2. The first-order chi connectivity index (χ1) is 9.65. The molecule has 0 spiro atoms. The quantitative estimate of drug-likeness (QED) is 0.920. The molecule has 1 heterocycles. The van der Waals surface area contributed by atoms with Crippen molar-refractivity contribution >= 4 is 23.3 Å². The van der Waals surface area contributed by atoms with Crippen molar-refractivity contribution in [1.82, 2.24) is 9.97 Å². The molecule has 5 nitrogen and oxygen atoms in total. The Hall–Kier alpha value is -2.14. The van der Waals surface area contributed by atoms with E-state index >= 15 is 0 Å². The first-order valence-corrected chi connectivity index (χ1v) is 6.49. The lowest BCUT2D eigenvalue weighted by molar-refractivity contribution is -0.116. The molecule has 2 rings (SSSR count). The van der Waals surface area contributed by atoms with Gasteiger partial charge in [-0.1, -0.05) is 23.7 Å². The van der Waals surface area contributed by atoms with Crippen LogP contribution in [0, 0.1) is 6.92 Å². The molecular formula is C14H14ClN3O2. The van der Waals surface area contributed by atoms with E-state index < -0.39 is 0 Å². The summed E-state index contributed by atoms with van der Waals surface area (Å²) in [5, 5.41) is 2.75. The number of amides is 1. The highest BCUT2D eigenvalue weighted by atomic mass is 35.5. The third-order valence-corrected chi connectivity index (χ3v) is 2.78. The SMILES string of the molecule is Cc1cccc(OCCC(=O)Nc2nccnc2Cl)c1. The molecule has 1 aromatic carbocycles. The number of ether oxygens (including phenoxy) is 1. The normalized spacial score (nSPS) is 10.1. The van der Waals surface area contributed by atoms with Crippen molar-refractivity contribution in [2.24, 2.45) is 0 Å². The highest BCUT2D eigenvalue weighted by Gasteiger charge is 2.07. The summed E-state index contributed by atoms with van der Waals surface area (Å²) in [6.45, 7) is 2.27. The van der Waals surface area contributed by atoms with Crippen LogP contribution in [0.1, 0.15) is 12.0 Å². The standard InChI is InChI=1S/C14H14ClN3O2/c1-10-3-2-4-11(9-10)20-8-5-12(19)18-14-13(15)16-6-7-17-14/h2-4,6-7,9H,5,8H2,1H3,(H,17,18,19). The molecule has 0 atom stereocenters. The van der Waals surface area contributed by atoms with E-state index in [2.05, 4.69) is 15.3 Å². The van der Waals surface area contributed by atoms with Gasteiger partial charge in [0.15, 0.2) is 11.0 Å². The van der Waals surface area contributed by atoms with Crippen molar-refractivity contribution in [3.8, 4) is 5.75 Å². The summed E-state index contributed by atoms with van der Waals surface area (Å²) < 4.78 is 5.50. The molecule has 2 aromatic rings. The van der Waals surface area contributed by atoms with Crippen LogP contribution in [-0.2, 0) is 4.79 Å². The van der Waals surface area contributed by atoms with Gasteiger partial charge >= 0.3 is 0 Å². The minimum atomic E-state index is -0.222. The van der Waals surface area contributed by atoms with Gasteiger partial charge in [0, 0.05) is 12.4 Å². The molecule has 6 heteroatoms. The van der Waals surface area contributed by atoms with Gasteiger partial charge in [0.1, 0.15) is 5.75 Å². The van der Waals surface area contributed by atoms with E-state index in [-0.39, 0.29) is 29.9 Å². The summed E-state index contributed by atoms with van der Waals surface area (Å²) >= 11 is 5.80. The number of aromatic nitrogens is 2. The first kappa shape index (κ1) is 14.3. The van der Waals surface area contributed by atoms with Crippen LogP contribution in [0.2, 0.25) is 5.15 Å². The third-order valence-electron chi connectivity index (χ3n) is 2.50. The van der Waals surface area contributed by atoms with Crippen molar-refractivity contribution in [2.45, 2.75) is 13.3 Å². The van der Waals surface area contributed by atoms with Crippen molar-refractivity contribution in [3.05, 3.63) is 47.4 Å². The van der Waals surface area contributed by atoms with Crippen LogP contribution < -0.4 is 10.1 Å². The molecule has 0 radical (unpaired) electrons. The average molecular weight is 292 g/mol.